The normalized spacial score (nSPS) is 38.8. The van der Waals surface area contributed by atoms with Crippen LogP contribution in [0, 0.1) is 0 Å². The van der Waals surface area contributed by atoms with E-state index in [9.17, 15) is 0 Å². The van der Waals surface area contributed by atoms with Crippen molar-refractivity contribution < 1.29 is 0 Å². The van der Waals surface area contributed by atoms with Crippen molar-refractivity contribution in [1.82, 2.24) is 5.32 Å². The third-order valence-corrected chi connectivity index (χ3v) is 5.30. The van der Waals surface area contributed by atoms with Crippen LogP contribution in [0.2, 0.25) is 0 Å². The molecule has 0 spiro atoms. The van der Waals surface area contributed by atoms with E-state index in [-0.39, 0.29) is 0 Å². The molecule has 0 amide bonds. The molecule has 0 aliphatic carbocycles. The van der Waals surface area contributed by atoms with E-state index < -0.39 is 0 Å². The molecule has 0 bridgehead atoms. The maximum atomic E-state index is 3.80. The van der Waals surface area contributed by atoms with Crippen LogP contribution in [0.1, 0.15) is 51.9 Å². The molecule has 2 aliphatic heterocycles. The summed E-state index contributed by atoms with van der Waals surface area (Å²) in [5.41, 5.74) is 0.514. The molecule has 82 valence electrons. The molecule has 0 saturated carbocycles. The van der Waals surface area contributed by atoms with E-state index in [4.69, 9.17) is 0 Å². The van der Waals surface area contributed by atoms with Gasteiger partial charge in [0.25, 0.3) is 0 Å². The number of rotatable bonds is 3. The van der Waals surface area contributed by atoms with Crippen molar-refractivity contribution in [2.24, 2.45) is 0 Å². The summed E-state index contributed by atoms with van der Waals surface area (Å²) in [7, 11) is 0. The molecule has 2 rings (SSSR count). The van der Waals surface area contributed by atoms with E-state index >= 15 is 0 Å². The first kappa shape index (κ1) is 10.8. The second-order valence-electron chi connectivity index (χ2n) is 4.86. The van der Waals surface area contributed by atoms with Crippen molar-refractivity contribution in [3.63, 3.8) is 0 Å². The molecule has 0 aromatic heterocycles. The zero-order valence-corrected chi connectivity index (χ0v) is 10.2. The maximum absolute atomic E-state index is 3.80. The minimum absolute atomic E-state index is 0.514. The SMILES string of the molecule is CCC1(CC2CCCS2)CCCCN1. The monoisotopic (exact) mass is 213 g/mol. The van der Waals surface area contributed by atoms with E-state index in [1.54, 1.807) is 0 Å². The van der Waals surface area contributed by atoms with E-state index in [1.165, 1.54) is 57.2 Å². The van der Waals surface area contributed by atoms with Crippen molar-refractivity contribution >= 4 is 11.8 Å². The molecular weight excluding hydrogens is 190 g/mol. The number of hydrogen-bond acceptors (Lipinski definition) is 2. The zero-order valence-electron chi connectivity index (χ0n) is 9.35. The number of hydrogen-bond donors (Lipinski definition) is 1. The van der Waals surface area contributed by atoms with Gasteiger partial charge in [0.15, 0.2) is 0 Å². The Labute approximate surface area is 92.4 Å². The first-order valence-corrected chi connectivity index (χ1v) is 7.26. The molecular formula is C12H23NS. The Morgan fingerprint density at radius 2 is 2.29 bits per heavy atom. The average Bonchev–Trinajstić information content (AvgIpc) is 2.72. The Bertz CT molecular complexity index is 169. The zero-order chi connectivity index (χ0) is 9.86. The first-order chi connectivity index (χ1) is 6.85. The van der Waals surface area contributed by atoms with Crippen molar-refractivity contribution in [3.8, 4) is 0 Å². The van der Waals surface area contributed by atoms with E-state index in [1.807, 2.05) is 0 Å². The van der Waals surface area contributed by atoms with Gasteiger partial charge in [0.1, 0.15) is 0 Å². The quantitative estimate of drug-likeness (QED) is 0.772. The molecule has 1 N–H and O–H groups in total. The Hall–Kier alpha value is 0.310. The number of piperidine rings is 1. The molecule has 14 heavy (non-hydrogen) atoms. The molecule has 1 nitrogen and oxygen atoms in total. The summed E-state index contributed by atoms with van der Waals surface area (Å²) in [4.78, 5) is 0. The van der Waals surface area contributed by atoms with Gasteiger partial charge in [-0.05, 0) is 50.8 Å². The van der Waals surface area contributed by atoms with Gasteiger partial charge in [0, 0.05) is 10.8 Å². The van der Waals surface area contributed by atoms with Crippen molar-refractivity contribution in [2.45, 2.75) is 62.7 Å². The smallest absolute Gasteiger partial charge is 0.0189 e. The Morgan fingerprint density at radius 1 is 1.36 bits per heavy atom. The predicted octanol–water partition coefficient (Wildman–Crippen LogP) is 3.19. The fraction of sp³-hybridized carbons (Fsp3) is 1.00. The molecule has 2 atom stereocenters. The van der Waals surface area contributed by atoms with Gasteiger partial charge in [-0.25, -0.2) is 0 Å². The van der Waals surface area contributed by atoms with Gasteiger partial charge in [-0.1, -0.05) is 13.3 Å². The molecule has 2 heteroatoms. The van der Waals surface area contributed by atoms with Crippen LogP contribution in [0.4, 0.5) is 0 Å². The van der Waals surface area contributed by atoms with Crippen LogP contribution in [-0.4, -0.2) is 23.1 Å². The minimum atomic E-state index is 0.514. The highest BCUT2D eigenvalue weighted by atomic mass is 32.2. The first-order valence-electron chi connectivity index (χ1n) is 6.21. The summed E-state index contributed by atoms with van der Waals surface area (Å²) in [5, 5.41) is 4.75. The number of nitrogens with one attached hydrogen (secondary N) is 1. The Kier molecular flexibility index (Phi) is 3.78. The van der Waals surface area contributed by atoms with Gasteiger partial charge in [-0.3, -0.25) is 0 Å². The highest BCUT2D eigenvalue weighted by Gasteiger charge is 2.33. The van der Waals surface area contributed by atoms with E-state index in [2.05, 4.69) is 24.0 Å². The van der Waals surface area contributed by atoms with Gasteiger partial charge in [0.2, 0.25) is 0 Å². The predicted molar refractivity (Wildman–Crippen MR) is 65.0 cm³/mol. The lowest BCUT2D eigenvalue weighted by Crippen LogP contribution is -2.49. The summed E-state index contributed by atoms with van der Waals surface area (Å²) in [5.74, 6) is 1.41. The fourth-order valence-electron chi connectivity index (χ4n) is 2.89. The van der Waals surface area contributed by atoms with E-state index in [0.717, 1.165) is 5.25 Å². The fourth-order valence-corrected chi connectivity index (χ4v) is 4.33. The third-order valence-electron chi connectivity index (χ3n) is 3.90. The minimum Gasteiger partial charge on any atom is -0.311 e. The van der Waals surface area contributed by atoms with Crippen LogP contribution < -0.4 is 5.32 Å². The molecule has 0 radical (unpaired) electrons. The van der Waals surface area contributed by atoms with Crippen LogP contribution in [0.15, 0.2) is 0 Å². The second kappa shape index (κ2) is 4.89. The Balaban J connectivity index is 1.89. The van der Waals surface area contributed by atoms with Crippen molar-refractivity contribution in [1.29, 1.82) is 0 Å². The molecule has 0 aromatic carbocycles. The van der Waals surface area contributed by atoms with Crippen molar-refractivity contribution in [2.75, 3.05) is 12.3 Å². The van der Waals surface area contributed by atoms with Gasteiger partial charge in [0.05, 0.1) is 0 Å². The van der Waals surface area contributed by atoms with Crippen LogP contribution in [-0.2, 0) is 0 Å². The maximum Gasteiger partial charge on any atom is 0.0189 e. The summed E-state index contributed by atoms with van der Waals surface area (Å²) in [6.45, 7) is 3.61. The standard InChI is InChI=1S/C12H23NS/c1-2-12(7-3-4-8-13-12)10-11-6-5-9-14-11/h11,13H,2-10H2,1H3. The highest BCUT2D eigenvalue weighted by molar-refractivity contribution is 8.00. The van der Waals surface area contributed by atoms with Crippen LogP contribution in [0.5, 0.6) is 0 Å². The molecule has 2 unspecified atom stereocenters. The average molecular weight is 213 g/mol. The van der Waals surface area contributed by atoms with E-state index in [0.29, 0.717) is 5.54 Å². The summed E-state index contributed by atoms with van der Waals surface area (Å²) >= 11 is 2.21. The topological polar surface area (TPSA) is 12.0 Å². The summed E-state index contributed by atoms with van der Waals surface area (Å²) in [6.07, 6.45) is 9.92. The van der Waals surface area contributed by atoms with Crippen LogP contribution >= 0.6 is 11.8 Å². The molecule has 2 fully saturated rings. The van der Waals surface area contributed by atoms with Gasteiger partial charge < -0.3 is 5.32 Å². The van der Waals surface area contributed by atoms with Gasteiger partial charge >= 0.3 is 0 Å². The van der Waals surface area contributed by atoms with Gasteiger partial charge in [-0.2, -0.15) is 11.8 Å². The van der Waals surface area contributed by atoms with Crippen molar-refractivity contribution in [3.05, 3.63) is 0 Å². The third kappa shape index (κ3) is 2.46. The molecule has 2 heterocycles. The lowest BCUT2D eigenvalue weighted by Gasteiger charge is -2.39. The molecule has 0 aromatic rings. The summed E-state index contributed by atoms with van der Waals surface area (Å²) < 4.78 is 0. The Morgan fingerprint density at radius 3 is 2.86 bits per heavy atom. The lowest BCUT2D eigenvalue weighted by atomic mass is 9.82. The summed E-state index contributed by atoms with van der Waals surface area (Å²) in [6, 6.07) is 0. The molecule has 2 aliphatic rings. The van der Waals surface area contributed by atoms with Gasteiger partial charge in [-0.15, -0.1) is 0 Å². The lowest BCUT2D eigenvalue weighted by molar-refractivity contribution is 0.226. The largest absolute Gasteiger partial charge is 0.311 e. The number of thioether (sulfide) groups is 1. The van der Waals surface area contributed by atoms with Crippen LogP contribution in [0.3, 0.4) is 0 Å². The van der Waals surface area contributed by atoms with Crippen LogP contribution in [0.25, 0.3) is 0 Å². The molecule has 2 saturated heterocycles. The second-order valence-corrected chi connectivity index (χ2v) is 6.27. The highest BCUT2D eigenvalue weighted by Crippen LogP contribution is 2.36.